The van der Waals surface area contributed by atoms with Gasteiger partial charge >= 0.3 is 0 Å². The van der Waals surface area contributed by atoms with Gasteiger partial charge < -0.3 is 5.32 Å². The summed E-state index contributed by atoms with van der Waals surface area (Å²) >= 11 is 0. The van der Waals surface area contributed by atoms with Crippen molar-refractivity contribution < 1.29 is 4.79 Å². The highest BCUT2D eigenvalue weighted by atomic mass is 35.5. The molecule has 1 aromatic carbocycles. The average molecular weight is 297 g/mol. The van der Waals surface area contributed by atoms with Crippen LogP contribution >= 0.6 is 12.4 Å². The Morgan fingerprint density at radius 3 is 2.10 bits per heavy atom. The summed E-state index contributed by atoms with van der Waals surface area (Å²) in [5.74, 6) is 0.109. The van der Waals surface area contributed by atoms with Gasteiger partial charge in [-0.1, -0.05) is 6.07 Å². The molecule has 0 aromatic heterocycles. The molecule has 112 valence electrons. The minimum absolute atomic E-state index is 0. The summed E-state index contributed by atoms with van der Waals surface area (Å²) in [5, 5.41) is 3.11. The second-order valence-corrected chi connectivity index (χ2v) is 5.67. The highest BCUT2D eigenvalue weighted by Crippen LogP contribution is 2.26. The molecule has 20 heavy (non-hydrogen) atoms. The van der Waals surface area contributed by atoms with Gasteiger partial charge in [0.05, 0.1) is 6.54 Å². The van der Waals surface area contributed by atoms with Gasteiger partial charge in [-0.2, -0.15) is 0 Å². The molecule has 1 aliphatic heterocycles. The molecule has 1 saturated heterocycles. The second kappa shape index (κ2) is 7.09. The lowest BCUT2D eigenvalue weighted by Crippen LogP contribution is -2.31. The minimum Gasteiger partial charge on any atom is -0.324 e. The Hall–Kier alpha value is -1.06. The number of hydrogen-bond acceptors (Lipinski definition) is 2. The summed E-state index contributed by atoms with van der Waals surface area (Å²) in [4.78, 5) is 14.4. The Morgan fingerprint density at radius 1 is 1.10 bits per heavy atom. The van der Waals surface area contributed by atoms with E-state index in [1.165, 1.54) is 35.1 Å². The van der Waals surface area contributed by atoms with E-state index in [9.17, 15) is 4.79 Å². The predicted molar refractivity (Wildman–Crippen MR) is 86.9 cm³/mol. The molecule has 0 aliphatic carbocycles. The van der Waals surface area contributed by atoms with E-state index in [-0.39, 0.29) is 18.3 Å². The van der Waals surface area contributed by atoms with Gasteiger partial charge in [0, 0.05) is 5.69 Å². The zero-order valence-electron chi connectivity index (χ0n) is 12.9. The number of hydrogen-bond donors (Lipinski definition) is 1. The lowest BCUT2D eigenvalue weighted by Gasteiger charge is -2.18. The maximum atomic E-state index is 12.1. The van der Waals surface area contributed by atoms with Crippen molar-refractivity contribution in [2.75, 3.05) is 25.0 Å². The number of likely N-dealkylation sites (tertiary alicyclic amines) is 1. The fraction of sp³-hybridized carbons (Fsp3) is 0.562. The third kappa shape index (κ3) is 3.74. The van der Waals surface area contributed by atoms with Crippen molar-refractivity contribution >= 4 is 24.0 Å². The van der Waals surface area contributed by atoms with E-state index in [2.05, 4.69) is 44.0 Å². The molecular formula is C16H25ClN2O. The number of halogens is 1. The van der Waals surface area contributed by atoms with Gasteiger partial charge in [0.2, 0.25) is 5.91 Å². The molecule has 3 nitrogen and oxygen atoms in total. The molecule has 1 aliphatic rings. The number of amides is 1. The van der Waals surface area contributed by atoms with Crippen molar-refractivity contribution in [3.05, 3.63) is 28.3 Å². The van der Waals surface area contributed by atoms with Crippen LogP contribution in [0.25, 0.3) is 0 Å². The molecule has 0 bridgehead atoms. The third-order valence-electron chi connectivity index (χ3n) is 4.20. The molecule has 0 saturated carbocycles. The molecule has 1 amide bonds. The minimum atomic E-state index is 0. The van der Waals surface area contributed by atoms with Crippen LogP contribution in [0.3, 0.4) is 0 Å². The second-order valence-electron chi connectivity index (χ2n) is 5.67. The monoisotopic (exact) mass is 296 g/mol. The number of nitrogens with one attached hydrogen (secondary N) is 1. The Morgan fingerprint density at radius 2 is 1.60 bits per heavy atom. The van der Waals surface area contributed by atoms with E-state index in [0.29, 0.717) is 6.54 Å². The summed E-state index contributed by atoms with van der Waals surface area (Å²) in [6, 6.07) is 2.18. The first-order chi connectivity index (χ1) is 8.99. The normalized spacial score (nSPS) is 15.0. The van der Waals surface area contributed by atoms with Gasteiger partial charge in [0.15, 0.2) is 0 Å². The molecule has 0 unspecified atom stereocenters. The number of carbonyl (C=O) groups is 1. The lowest BCUT2D eigenvalue weighted by molar-refractivity contribution is -0.117. The number of aryl methyl sites for hydroxylation is 2. The molecule has 0 atom stereocenters. The van der Waals surface area contributed by atoms with Crippen LogP contribution in [0.5, 0.6) is 0 Å². The standard InChI is InChI=1S/C16H24N2O.ClH/c1-11-9-12(2)14(4)16(13(11)3)17-15(19)10-18-7-5-6-8-18;/h9H,5-8,10H2,1-4H3,(H,17,19);1H. The van der Waals surface area contributed by atoms with Crippen LogP contribution in [-0.4, -0.2) is 30.4 Å². The van der Waals surface area contributed by atoms with E-state index in [1.54, 1.807) is 0 Å². The van der Waals surface area contributed by atoms with Crippen molar-refractivity contribution in [3.63, 3.8) is 0 Å². The van der Waals surface area contributed by atoms with Crippen molar-refractivity contribution in [3.8, 4) is 0 Å². The van der Waals surface area contributed by atoms with Gasteiger partial charge in [0.1, 0.15) is 0 Å². The van der Waals surface area contributed by atoms with Crippen LogP contribution in [0.15, 0.2) is 6.07 Å². The van der Waals surface area contributed by atoms with Crippen molar-refractivity contribution in [1.82, 2.24) is 4.90 Å². The van der Waals surface area contributed by atoms with Gasteiger partial charge in [-0.05, 0) is 75.9 Å². The first kappa shape index (κ1) is 17.0. The van der Waals surface area contributed by atoms with Gasteiger partial charge in [0.25, 0.3) is 0 Å². The molecule has 0 radical (unpaired) electrons. The summed E-state index contributed by atoms with van der Waals surface area (Å²) in [6.07, 6.45) is 2.43. The van der Waals surface area contributed by atoms with Crippen LogP contribution < -0.4 is 5.32 Å². The zero-order chi connectivity index (χ0) is 14.0. The van der Waals surface area contributed by atoms with E-state index in [0.717, 1.165) is 18.8 Å². The Bertz CT molecular complexity index is 467. The summed E-state index contributed by atoms with van der Waals surface area (Å²) in [6.45, 7) is 11.0. The SMILES string of the molecule is Cc1cc(C)c(C)c(NC(=O)CN2CCCC2)c1C.Cl. The maximum absolute atomic E-state index is 12.1. The molecule has 2 rings (SSSR count). The van der Waals surface area contributed by atoms with Crippen LogP contribution in [0.2, 0.25) is 0 Å². The number of rotatable bonds is 3. The summed E-state index contributed by atoms with van der Waals surface area (Å²) < 4.78 is 0. The summed E-state index contributed by atoms with van der Waals surface area (Å²) in [5.41, 5.74) is 5.83. The van der Waals surface area contributed by atoms with Crippen molar-refractivity contribution in [2.24, 2.45) is 0 Å². The first-order valence-electron chi connectivity index (χ1n) is 7.08. The van der Waals surface area contributed by atoms with Crippen LogP contribution in [-0.2, 0) is 4.79 Å². The average Bonchev–Trinajstić information content (AvgIpc) is 2.85. The smallest absolute Gasteiger partial charge is 0.238 e. The number of nitrogens with zero attached hydrogens (tertiary/aromatic N) is 1. The molecule has 1 heterocycles. The number of carbonyl (C=O) groups excluding carboxylic acids is 1. The van der Waals surface area contributed by atoms with Crippen molar-refractivity contribution in [1.29, 1.82) is 0 Å². The van der Waals surface area contributed by atoms with E-state index in [1.807, 2.05) is 0 Å². The predicted octanol–water partition coefficient (Wildman–Crippen LogP) is 3.38. The maximum Gasteiger partial charge on any atom is 0.238 e. The zero-order valence-corrected chi connectivity index (χ0v) is 13.7. The van der Waals surface area contributed by atoms with E-state index < -0.39 is 0 Å². The summed E-state index contributed by atoms with van der Waals surface area (Å²) in [7, 11) is 0. The highest BCUT2D eigenvalue weighted by molar-refractivity contribution is 5.94. The van der Waals surface area contributed by atoms with Crippen molar-refractivity contribution in [2.45, 2.75) is 40.5 Å². The molecular weight excluding hydrogens is 272 g/mol. The Balaban J connectivity index is 0.00000200. The molecule has 1 fully saturated rings. The lowest BCUT2D eigenvalue weighted by atomic mass is 9.98. The van der Waals surface area contributed by atoms with Gasteiger partial charge in [-0.3, -0.25) is 9.69 Å². The van der Waals surface area contributed by atoms with E-state index in [4.69, 9.17) is 0 Å². The molecule has 0 spiro atoms. The fourth-order valence-corrected chi connectivity index (χ4v) is 2.73. The largest absolute Gasteiger partial charge is 0.324 e. The fourth-order valence-electron chi connectivity index (χ4n) is 2.73. The quantitative estimate of drug-likeness (QED) is 0.927. The first-order valence-corrected chi connectivity index (χ1v) is 7.08. The van der Waals surface area contributed by atoms with Crippen LogP contribution in [0.1, 0.15) is 35.1 Å². The Labute approximate surface area is 128 Å². The highest BCUT2D eigenvalue weighted by Gasteiger charge is 2.17. The molecule has 1 N–H and O–H groups in total. The van der Waals surface area contributed by atoms with Gasteiger partial charge in [-0.25, -0.2) is 0 Å². The van der Waals surface area contributed by atoms with Crippen LogP contribution in [0, 0.1) is 27.7 Å². The number of anilines is 1. The number of benzene rings is 1. The Kier molecular flexibility index (Phi) is 6.03. The van der Waals surface area contributed by atoms with Crippen LogP contribution in [0.4, 0.5) is 5.69 Å². The topological polar surface area (TPSA) is 32.3 Å². The van der Waals surface area contributed by atoms with E-state index >= 15 is 0 Å². The third-order valence-corrected chi connectivity index (χ3v) is 4.20. The molecule has 1 aromatic rings. The van der Waals surface area contributed by atoms with Gasteiger partial charge in [-0.15, -0.1) is 12.4 Å². The molecule has 4 heteroatoms.